The van der Waals surface area contributed by atoms with E-state index in [1.807, 2.05) is 0 Å². The van der Waals surface area contributed by atoms with Gasteiger partial charge < -0.3 is 0 Å². The normalized spacial score (nSPS) is 11.3. The maximum Gasteiger partial charge on any atom is 0.263 e. The molecule has 1 aromatic heterocycles. The number of anilines is 1. The molecule has 0 amide bonds. The number of hydrogen-bond donors (Lipinski definition) is 1. The minimum Gasteiger partial charge on any atom is -0.276 e. The number of aryl methyl sites for hydroxylation is 1. The number of rotatable bonds is 3. The summed E-state index contributed by atoms with van der Waals surface area (Å²) in [6, 6.07) is 8.18. The molecular weight excluding hydrogens is 352 g/mol. The van der Waals surface area contributed by atoms with Crippen molar-refractivity contribution in [1.82, 2.24) is 4.98 Å². The van der Waals surface area contributed by atoms with Gasteiger partial charge in [0.15, 0.2) is 5.15 Å². The molecule has 0 saturated carbocycles. The van der Waals surface area contributed by atoms with Crippen molar-refractivity contribution < 1.29 is 8.42 Å². The van der Waals surface area contributed by atoms with Gasteiger partial charge >= 0.3 is 0 Å². The molecule has 100 valence electrons. The van der Waals surface area contributed by atoms with Gasteiger partial charge in [-0.15, -0.1) is 0 Å². The largest absolute Gasteiger partial charge is 0.276 e. The maximum absolute atomic E-state index is 12.3. The molecule has 4 nitrogen and oxygen atoms in total. The zero-order valence-electron chi connectivity index (χ0n) is 9.89. The van der Waals surface area contributed by atoms with Crippen LogP contribution < -0.4 is 4.72 Å². The first-order chi connectivity index (χ1) is 8.90. The van der Waals surface area contributed by atoms with Gasteiger partial charge in [0.05, 0.1) is 5.69 Å². The lowest BCUT2D eigenvalue weighted by Gasteiger charge is -2.10. The Morgan fingerprint density at radius 3 is 2.68 bits per heavy atom. The lowest BCUT2D eigenvalue weighted by molar-refractivity contribution is 0.600. The number of pyridine rings is 1. The molecular formula is C12H10BrClN2O2S. The third-order valence-corrected chi connectivity index (χ3v) is 5.03. The Kier molecular flexibility index (Phi) is 4.13. The van der Waals surface area contributed by atoms with E-state index < -0.39 is 10.0 Å². The minimum atomic E-state index is -3.70. The van der Waals surface area contributed by atoms with Gasteiger partial charge in [0.25, 0.3) is 10.0 Å². The molecule has 1 heterocycles. The Labute approximate surface area is 125 Å². The first kappa shape index (κ1) is 14.3. The van der Waals surface area contributed by atoms with Gasteiger partial charge in [-0.1, -0.05) is 23.7 Å². The molecule has 0 atom stereocenters. The summed E-state index contributed by atoms with van der Waals surface area (Å²) in [6.45, 7) is 1.81. The molecule has 1 aromatic carbocycles. The van der Waals surface area contributed by atoms with Crippen LogP contribution in [0, 0.1) is 6.92 Å². The molecule has 0 unspecified atom stereocenters. The molecule has 0 aliphatic carbocycles. The van der Waals surface area contributed by atoms with E-state index in [1.165, 1.54) is 6.07 Å². The molecule has 0 aliphatic rings. The van der Waals surface area contributed by atoms with Gasteiger partial charge in [0.1, 0.15) is 4.90 Å². The molecule has 0 radical (unpaired) electrons. The van der Waals surface area contributed by atoms with Crippen LogP contribution in [0.25, 0.3) is 0 Å². The highest BCUT2D eigenvalue weighted by Gasteiger charge is 2.18. The van der Waals surface area contributed by atoms with Crippen LogP contribution in [0.4, 0.5) is 5.69 Å². The number of aromatic nitrogens is 1. The minimum absolute atomic E-state index is 0.112. The SMILES string of the molecule is Cc1cnc(Cl)c(NS(=O)(=O)c2ccccc2Br)c1. The highest BCUT2D eigenvalue weighted by molar-refractivity contribution is 9.10. The fourth-order valence-electron chi connectivity index (χ4n) is 1.49. The first-order valence-electron chi connectivity index (χ1n) is 5.29. The summed E-state index contributed by atoms with van der Waals surface area (Å²) in [5, 5.41) is 0.112. The average Bonchev–Trinajstić information content (AvgIpc) is 2.34. The van der Waals surface area contributed by atoms with E-state index in [0.717, 1.165) is 5.56 Å². The monoisotopic (exact) mass is 360 g/mol. The fourth-order valence-corrected chi connectivity index (χ4v) is 3.75. The van der Waals surface area contributed by atoms with Crippen molar-refractivity contribution in [3.05, 3.63) is 51.7 Å². The Bertz CT molecular complexity index is 719. The van der Waals surface area contributed by atoms with Crippen LogP contribution in [0.1, 0.15) is 5.56 Å². The van der Waals surface area contributed by atoms with Gasteiger partial charge in [0.2, 0.25) is 0 Å². The fraction of sp³-hybridized carbons (Fsp3) is 0.0833. The number of hydrogen-bond acceptors (Lipinski definition) is 3. The Balaban J connectivity index is 2.43. The topological polar surface area (TPSA) is 59.1 Å². The van der Waals surface area contributed by atoms with E-state index in [0.29, 0.717) is 4.47 Å². The average molecular weight is 362 g/mol. The summed E-state index contributed by atoms with van der Waals surface area (Å²) in [7, 11) is -3.70. The van der Waals surface area contributed by atoms with Crippen molar-refractivity contribution >= 4 is 43.2 Å². The second kappa shape index (κ2) is 5.48. The predicted octanol–water partition coefficient (Wildman–Crippen LogP) is 3.61. The summed E-state index contributed by atoms with van der Waals surface area (Å²) in [5.74, 6) is 0. The Morgan fingerprint density at radius 1 is 1.32 bits per heavy atom. The smallest absolute Gasteiger partial charge is 0.263 e. The number of sulfonamides is 1. The van der Waals surface area contributed by atoms with E-state index in [-0.39, 0.29) is 15.7 Å². The van der Waals surface area contributed by atoms with Crippen LogP contribution in [-0.4, -0.2) is 13.4 Å². The lowest BCUT2D eigenvalue weighted by Crippen LogP contribution is -2.14. The maximum atomic E-state index is 12.3. The summed E-state index contributed by atoms with van der Waals surface area (Å²) in [5.41, 5.74) is 1.08. The van der Waals surface area contributed by atoms with E-state index >= 15 is 0 Å². The highest BCUT2D eigenvalue weighted by Crippen LogP contribution is 2.26. The molecule has 2 aromatic rings. The summed E-state index contributed by atoms with van der Waals surface area (Å²) in [4.78, 5) is 4.05. The molecule has 0 saturated heterocycles. The van der Waals surface area contributed by atoms with Gasteiger partial charge in [-0.05, 0) is 46.6 Å². The number of benzene rings is 1. The molecule has 0 fully saturated rings. The van der Waals surface area contributed by atoms with E-state index in [1.54, 1.807) is 37.4 Å². The summed E-state index contributed by atoms with van der Waals surface area (Å²) in [6.07, 6.45) is 1.57. The van der Waals surface area contributed by atoms with Crippen LogP contribution in [0.2, 0.25) is 5.15 Å². The number of halogens is 2. The Morgan fingerprint density at radius 2 is 2.00 bits per heavy atom. The van der Waals surface area contributed by atoms with Crippen LogP contribution >= 0.6 is 27.5 Å². The van der Waals surface area contributed by atoms with Crippen molar-refractivity contribution in [2.45, 2.75) is 11.8 Å². The van der Waals surface area contributed by atoms with Crippen molar-refractivity contribution in [2.75, 3.05) is 4.72 Å². The zero-order chi connectivity index (χ0) is 14.0. The lowest BCUT2D eigenvalue weighted by atomic mass is 10.3. The van der Waals surface area contributed by atoms with Crippen LogP contribution in [0.3, 0.4) is 0 Å². The third kappa shape index (κ3) is 3.26. The van der Waals surface area contributed by atoms with E-state index in [2.05, 4.69) is 25.6 Å². The van der Waals surface area contributed by atoms with Gasteiger partial charge in [-0.25, -0.2) is 13.4 Å². The van der Waals surface area contributed by atoms with E-state index in [4.69, 9.17) is 11.6 Å². The second-order valence-corrected chi connectivity index (χ2v) is 6.75. The number of nitrogens with one attached hydrogen (secondary N) is 1. The molecule has 0 spiro atoms. The Hall–Kier alpha value is -1.11. The quantitative estimate of drug-likeness (QED) is 0.850. The van der Waals surface area contributed by atoms with Gasteiger partial charge in [-0.2, -0.15) is 0 Å². The van der Waals surface area contributed by atoms with Crippen molar-refractivity contribution in [2.24, 2.45) is 0 Å². The molecule has 0 bridgehead atoms. The predicted molar refractivity (Wildman–Crippen MR) is 78.9 cm³/mol. The summed E-state index contributed by atoms with van der Waals surface area (Å²) < 4.78 is 27.4. The van der Waals surface area contributed by atoms with Crippen molar-refractivity contribution in [3.63, 3.8) is 0 Å². The second-order valence-electron chi connectivity index (χ2n) is 3.89. The molecule has 19 heavy (non-hydrogen) atoms. The van der Waals surface area contributed by atoms with Crippen molar-refractivity contribution in [1.29, 1.82) is 0 Å². The molecule has 7 heteroatoms. The van der Waals surface area contributed by atoms with Crippen LogP contribution in [-0.2, 0) is 10.0 Å². The van der Waals surface area contributed by atoms with Crippen LogP contribution in [0.15, 0.2) is 45.9 Å². The first-order valence-corrected chi connectivity index (χ1v) is 7.95. The van der Waals surface area contributed by atoms with Gasteiger partial charge in [0, 0.05) is 10.7 Å². The molecule has 1 N–H and O–H groups in total. The summed E-state index contributed by atoms with van der Waals surface area (Å²) >= 11 is 9.09. The zero-order valence-corrected chi connectivity index (χ0v) is 13.1. The standard InChI is InChI=1S/C12H10BrClN2O2S/c1-8-6-10(12(14)15-7-8)16-19(17,18)11-5-3-2-4-9(11)13/h2-7,16H,1H3. The highest BCUT2D eigenvalue weighted by atomic mass is 79.9. The number of nitrogens with zero attached hydrogens (tertiary/aromatic N) is 1. The van der Waals surface area contributed by atoms with Gasteiger partial charge in [-0.3, -0.25) is 4.72 Å². The molecule has 2 rings (SSSR count). The molecule has 0 aliphatic heterocycles. The van der Waals surface area contributed by atoms with Crippen LogP contribution in [0.5, 0.6) is 0 Å². The third-order valence-electron chi connectivity index (χ3n) is 2.35. The van der Waals surface area contributed by atoms with Crippen molar-refractivity contribution in [3.8, 4) is 0 Å². The van der Waals surface area contributed by atoms with E-state index in [9.17, 15) is 8.42 Å².